The molecule has 47 heavy (non-hydrogen) atoms. The second-order valence-electron chi connectivity index (χ2n) is 12.3. The van der Waals surface area contributed by atoms with Gasteiger partial charge in [-0.1, -0.05) is 94.1 Å². The molecule has 0 bridgehead atoms. The van der Waals surface area contributed by atoms with Crippen molar-refractivity contribution in [2.24, 2.45) is 11.8 Å². The number of aromatic amines is 1. The third-order valence-corrected chi connectivity index (χ3v) is 9.74. The van der Waals surface area contributed by atoms with E-state index in [0.29, 0.717) is 28.4 Å². The summed E-state index contributed by atoms with van der Waals surface area (Å²) in [5.74, 6) is -0.946. The van der Waals surface area contributed by atoms with Crippen molar-refractivity contribution in [3.8, 4) is 0 Å². The molecule has 11 nitrogen and oxygen atoms in total. The Hall–Kier alpha value is -4.09. The van der Waals surface area contributed by atoms with Crippen molar-refractivity contribution in [2.75, 3.05) is 0 Å². The summed E-state index contributed by atoms with van der Waals surface area (Å²) >= 11 is 12.9. The van der Waals surface area contributed by atoms with E-state index < -0.39 is 35.5 Å². The maximum Gasteiger partial charge on any atom is 0.408 e. The molecule has 0 spiro atoms. The zero-order chi connectivity index (χ0) is 33.7. The van der Waals surface area contributed by atoms with E-state index in [2.05, 4.69) is 31.1 Å². The standard InChI is InChI=1S/C34H40Cl2N6O5/c1-5-19(3)27(40-33(45)46-17-21-10-8-7-9-11-21)30(43)41-34(32(44)39-28(20(4)6-2)31-42-37-18-47-31)13-12-26-24(16-34)23-14-22(35)15-25(36)29(23)38-26/h7-11,14-15,18-20,27-28,38H,5-6,12-13,16-17H2,1-4H3,(H,39,44)(H,40,45)(H,41,43)/t19?,20-,27?,28-,34+/m0/s1. The number of nitrogens with zero attached hydrogens (tertiary/aromatic N) is 2. The van der Waals surface area contributed by atoms with E-state index in [1.54, 1.807) is 12.1 Å². The number of alkyl carbamates (subject to hydrolysis) is 1. The van der Waals surface area contributed by atoms with Gasteiger partial charge in [0, 0.05) is 22.5 Å². The van der Waals surface area contributed by atoms with Gasteiger partial charge in [-0.05, 0) is 47.9 Å². The van der Waals surface area contributed by atoms with Gasteiger partial charge in [0.15, 0.2) is 0 Å². The predicted octanol–water partition coefficient (Wildman–Crippen LogP) is 6.45. The molecular formula is C34H40Cl2N6O5. The van der Waals surface area contributed by atoms with Crippen molar-refractivity contribution < 1.29 is 23.5 Å². The number of rotatable bonds is 12. The Bertz CT molecular complexity index is 1710. The lowest BCUT2D eigenvalue weighted by molar-refractivity contribution is -0.136. The molecule has 2 aromatic carbocycles. The highest BCUT2D eigenvalue weighted by molar-refractivity contribution is 6.38. The summed E-state index contributed by atoms with van der Waals surface area (Å²) in [7, 11) is 0. The van der Waals surface area contributed by atoms with Crippen LogP contribution in [0.5, 0.6) is 0 Å². The lowest BCUT2D eigenvalue weighted by Gasteiger charge is -2.39. The minimum atomic E-state index is -1.40. The van der Waals surface area contributed by atoms with Crippen molar-refractivity contribution in [3.05, 3.63) is 81.6 Å². The molecule has 4 N–H and O–H groups in total. The molecule has 250 valence electrons. The van der Waals surface area contributed by atoms with E-state index in [0.717, 1.165) is 28.6 Å². The number of aryl methyl sites for hydroxylation is 1. The van der Waals surface area contributed by atoms with E-state index in [-0.39, 0.29) is 37.2 Å². The highest BCUT2D eigenvalue weighted by Gasteiger charge is 2.47. The van der Waals surface area contributed by atoms with Crippen molar-refractivity contribution in [2.45, 2.75) is 84.0 Å². The molecule has 2 aromatic heterocycles. The van der Waals surface area contributed by atoms with Gasteiger partial charge in [0.1, 0.15) is 24.2 Å². The number of hydrogen-bond donors (Lipinski definition) is 4. The van der Waals surface area contributed by atoms with Gasteiger partial charge >= 0.3 is 6.09 Å². The summed E-state index contributed by atoms with van der Waals surface area (Å²) in [6, 6.07) is 11.2. The number of hydrogen-bond acceptors (Lipinski definition) is 7. The number of aromatic nitrogens is 3. The quantitative estimate of drug-likeness (QED) is 0.134. The minimum Gasteiger partial charge on any atom is -0.445 e. The number of nitrogens with one attached hydrogen (secondary N) is 4. The van der Waals surface area contributed by atoms with Crippen LogP contribution in [0.1, 0.15) is 75.7 Å². The fourth-order valence-corrected chi connectivity index (χ4v) is 6.56. The normalized spacial score (nSPS) is 18.4. The van der Waals surface area contributed by atoms with Crippen LogP contribution in [0.2, 0.25) is 10.0 Å². The van der Waals surface area contributed by atoms with Crippen LogP contribution in [0.15, 0.2) is 53.3 Å². The number of benzene rings is 2. The van der Waals surface area contributed by atoms with Crippen LogP contribution in [0.4, 0.5) is 4.79 Å². The highest BCUT2D eigenvalue weighted by atomic mass is 35.5. The lowest BCUT2D eigenvalue weighted by Crippen LogP contribution is -2.65. The number of halogens is 2. The molecule has 2 heterocycles. The third kappa shape index (κ3) is 7.57. The summed E-state index contributed by atoms with van der Waals surface area (Å²) in [4.78, 5) is 45.1. The number of carbonyl (C=O) groups excluding carboxylic acids is 3. The molecule has 0 aliphatic heterocycles. The molecule has 0 saturated heterocycles. The molecule has 5 atom stereocenters. The first-order valence-corrected chi connectivity index (χ1v) is 16.7. The Morgan fingerprint density at radius 1 is 1.06 bits per heavy atom. The van der Waals surface area contributed by atoms with Crippen LogP contribution in [-0.4, -0.2) is 44.7 Å². The average Bonchev–Trinajstić information content (AvgIpc) is 3.73. The number of H-pyrrole nitrogens is 1. The van der Waals surface area contributed by atoms with Gasteiger partial charge in [-0.25, -0.2) is 4.79 Å². The van der Waals surface area contributed by atoms with Gasteiger partial charge in [-0.3, -0.25) is 9.59 Å². The SMILES string of the molecule is CCC(C)C(NC(=O)OCc1ccccc1)C(=O)N[C@]1(C(=O)N[C@H](c2nnco2)[C@@H](C)CC)CCc2[nH]c3c(Cl)cc(Cl)cc3c2C1. The number of ether oxygens (including phenoxy) is 1. The van der Waals surface area contributed by atoms with Crippen LogP contribution >= 0.6 is 23.2 Å². The Morgan fingerprint density at radius 3 is 2.49 bits per heavy atom. The van der Waals surface area contributed by atoms with Crippen LogP contribution in [0.25, 0.3) is 10.9 Å². The van der Waals surface area contributed by atoms with Crippen LogP contribution in [-0.2, 0) is 33.8 Å². The molecule has 0 saturated carbocycles. The first-order valence-electron chi connectivity index (χ1n) is 15.9. The molecule has 5 rings (SSSR count). The smallest absolute Gasteiger partial charge is 0.408 e. The molecule has 1 aliphatic rings. The average molecular weight is 684 g/mol. The predicted molar refractivity (Wildman–Crippen MR) is 179 cm³/mol. The van der Waals surface area contributed by atoms with Crippen LogP contribution < -0.4 is 16.0 Å². The van der Waals surface area contributed by atoms with Crippen molar-refractivity contribution >= 4 is 52.0 Å². The summed E-state index contributed by atoms with van der Waals surface area (Å²) in [5, 5.41) is 18.5. The molecule has 1 aliphatic carbocycles. The first-order chi connectivity index (χ1) is 22.5. The second-order valence-corrected chi connectivity index (χ2v) is 13.2. The first kappa shape index (κ1) is 34.3. The van der Waals surface area contributed by atoms with Gasteiger partial charge in [0.2, 0.25) is 24.1 Å². The molecule has 0 fully saturated rings. The van der Waals surface area contributed by atoms with Gasteiger partial charge in [-0.15, -0.1) is 10.2 Å². The zero-order valence-corrected chi connectivity index (χ0v) is 28.4. The fourth-order valence-electron chi connectivity index (χ4n) is 6.02. The molecule has 3 amide bonds. The summed E-state index contributed by atoms with van der Waals surface area (Å²) in [6.07, 6.45) is 2.68. The van der Waals surface area contributed by atoms with Gasteiger partial charge in [0.25, 0.3) is 0 Å². The van der Waals surface area contributed by atoms with E-state index >= 15 is 0 Å². The Balaban J connectivity index is 1.47. The number of carbonyl (C=O) groups is 3. The van der Waals surface area contributed by atoms with Crippen LogP contribution in [0, 0.1) is 11.8 Å². The molecular weight excluding hydrogens is 643 g/mol. The number of fused-ring (bicyclic) bond motifs is 3. The maximum absolute atomic E-state index is 14.5. The number of amides is 3. The minimum absolute atomic E-state index is 0.0501. The van der Waals surface area contributed by atoms with E-state index in [1.165, 1.54) is 6.39 Å². The Kier molecular flexibility index (Phi) is 10.8. The highest BCUT2D eigenvalue weighted by Crippen LogP contribution is 2.39. The van der Waals surface area contributed by atoms with Gasteiger partial charge in [-0.2, -0.15) is 0 Å². The molecule has 2 unspecified atom stereocenters. The second kappa shape index (κ2) is 14.8. The summed E-state index contributed by atoms with van der Waals surface area (Å²) in [6.45, 7) is 7.83. The Labute approximate surface area is 283 Å². The maximum atomic E-state index is 14.5. The van der Waals surface area contributed by atoms with E-state index in [9.17, 15) is 14.4 Å². The van der Waals surface area contributed by atoms with E-state index in [1.807, 2.05) is 58.0 Å². The largest absolute Gasteiger partial charge is 0.445 e. The topological polar surface area (TPSA) is 151 Å². The zero-order valence-electron chi connectivity index (χ0n) is 26.9. The lowest BCUT2D eigenvalue weighted by atomic mass is 9.78. The molecule has 4 aromatic rings. The summed E-state index contributed by atoms with van der Waals surface area (Å²) in [5.41, 5.74) is 1.88. The van der Waals surface area contributed by atoms with Gasteiger partial charge < -0.3 is 30.1 Å². The molecule has 0 radical (unpaired) electrons. The van der Waals surface area contributed by atoms with Crippen molar-refractivity contribution in [3.63, 3.8) is 0 Å². The van der Waals surface area contributed by atoms with Crippen molar-refractivity contribution in [1.29, 1.82) is 0 Å². The monoisotopic (exact) mass is 682 g/mol. The third-order valence-electron chi connectivity index (χ3n) is 9.22. The van der Waals surface area contributed by atoms with Gasteiger partial charge in [0.05, 0.1) is 10.5 Å². The van der Waals surface area contributed by atoms with Crippen LogP contribution in [0.3, 0.4) is 0 Å². The van der Waals surface area contributed by atoms with Crippen molar-refractivity contribution in [1.82, 2.24) is 31.1 Å². The fraction of sp³-hybridized carbons (Fsp3) is 0.441. The molecule has 13 heteroatoms. The summed E-state index contributed by atoms with van der Waals surface area (Å²) < 4.78 is 11.0. The van der Waals surface area contributed by atoms with E-state index in [4.69, 9.17) is 32.4 Å². The Morgan fingerprint density at radius 2 is 1.81 bits per heavy atom.